The Hall–Kier alpha value is -7.94. The molecule has 60 heavy (non-hydrogen) atoms. The highest BCUT2D eigenvalue weighted by Gasteiger charge is 2.25. The fourth-order valence-corrected chi connectivity index (χ4v) is 9.12. The number of para-hydroxylation sites is 4. The van der Waals surface area contributed by atoms with Gasteiger partial charge >= 0.3 is 0 Å². The minimum Gasteiger partial charge on any atom is -0.310 e. The molecule has 0 spiro atoms. The van der Waals surface area contributed by atoms with Crippen molar-refractivity contribution >= 4 is 77.2 Å². The number of fused-ring (bicyclic) bond motifs is 5. The Morgan fingerprint density at radius 3 is 1.20 bits per heavy atom. The van der Waals surface area contributed by atoms with Crippen LogP contribution >= 0.6 is 0 Å². The molecule has 0 atom stereocenters. The van der Waals surface area contributed by atoms with Crippen molar-refractivity contribution in [3.8, 4) is 22.3 Å². The molecule has 11 rings (SSSR count). The smallest absolute Gasteiger partial charge is 0.0567 e. The van der Waals surface area contributed by atoms with Crippen molar-refractivity contribution in [1.29, 1.82) is 0 Å². The summed E-state index contributed by atoms with van der Waals surface area (Å²) in [7, 11) is 0. The van der Waals surface area contributed by atoms with Gasteiger partial charge in [0.1, 0.15) is 0 Å². The van der Waals surface area contributed by atoms with Crippen LogP contribution < -0.4 is 9.80 Å². The van der Waals surface area contributed by atoms with E-state index in [-0.39, 0.29) is 0 Å². The van der Waals surface area contributed by atoms with Crippen LogP contribution in [0.4, 0.5) is 34.1 Å². The monoisotopic (exact) mass is 764 g/mol. The van der Waals surface area contributed by atoms with E-state index in [9.17, 15) is 0 Å². The predicted octanol–water partition coefficient (Wildman–Crippen LogP) is 16.6. The van der Waals surface area contributed by atoms with Gasteiger partial charge in [-0.1, -0.05) is 194 Å². The maximum absolute atomic E-state index is 2.48. The van der Waals surface area contributed by atoms with Gasteiger partial charge in [0, 0.05) is 33.6 Å². The Labute approximate surface area is 350 Å². The van der Waals surface area contributed by atoms with Crippen molar-refractivity contribution < 1.29 is 0 Å². The van der Waals surface area contributed by atoms with Crippen LogP contribution in [0, 0.1) is 0 Å². The van der Waals surface area contributed by atoms with Crippen LogP contribution in [0.2, 0.25) is 0 Å². The SMILES string of the molecule is c1ccc(N(c2cc(N(c3ccccc3)c3ccccc3-c3cccc4ccccc34)c3c(ccc4ccccc43)c2)c2ccccc2-c2cccc3ccccc23)cc1. The van der Waals surface area contributed by atoms with Crippen LogP contribution in [-0.2, 0) is 0 Å². The zero-order chi connectivity index (χ0) is 39.8. The summed E-state index contributed by atoms with van der Waals surface area (Å²) in [5.41, 5.74) is 11.3. The van der Waals surface area contributed by atoms with E-state index in [0.717, 1.165) is 45.1 Å². The zero-order valence-electron chi connectivity index (χ0n) is 33.0. The fourth-order valence-electron chi connectivity index (χ4n) is 9.12. The average molecular weight is 765 g/mol. The van der Waals surface area contributed by atoms with Gasteiger partial charge in [-0.2, -0.15) is 0 Å². The fraction of sp³-hybridized carbons (Fsp3) is 0. The predicted molar refractivity (Wildman–Crippen MR) is 257 cm³/mol. The molecule has 2 nitrogen and oxygen atoms in total. The van der Waals surface area contributed by atoms with E-state index >= 15 is 0 Å². The summed E-state index contributed by atoms with van der Waals surface area (Å²) in [6.07, 6.45) is 0. The number of anilines is 6. The van der Waals surface area contributed by atoms with Crippen molar-refractivity contribution in [3.63, 3.8) is 0 Å². The average Bonchev–Trinajstić information content (AvgIpc) is 3.32. The molecule has 0 aliphatic rings. The molecular formula is C58H40N2. The molecule has 2 heteroatoms. The Morgan fingerprint density at radius 2 is 0.617 bits per heavy atom. The van der Waals surface area contributed by atoms with Gasteiger partial charge in [0.05, 0.1) is 17.1 Å². The Morgan fingerprint density at radius 1 is 0.217 bits per heavy atom. The molecular weight excluding hydrogens is 725 g/mol. The lowest BCUT2D eigenvalue weighted by atomic mass is 9.94. The topological polar surface area (TPSA) is 6.48 Å². The number of hydrogen-bond donors (Lipinski definition) is 0. The van der Waals surface area contributed by atoms with Gasteiger partial charge in [-0.15, -0.1) is 0 Å². The first-order chi connectivity index (χ1) is 29.8. The molecule has 0 saturated heterocycles. The third-order valence-electron chi connectivity index (χ3n) is 11.8. The Bertz CT molecular complexity index is 3320. The van der Waals surface area contributed by atoms with E-state index in [1.54, 1.807) is 0 Å². The number of benzene rings is 11. The highest BCUT2D eigenvalue weighted by atomic mass is 15.2. The molecule has 0 heterocycles. The minimum absolute atomic E-state index is 1.07. The van der Waals surface area contributed by atoms with Gasteiger partial charge in [-0.05, 0) is 97.4 Å². The minimum atomic E-state index is 1.07. The summed E-state index contributed by atoms with van der Waals surface area (Å²) >= 11 is 0. The van der Waals surface area contributed by atoms with Gasteiger partial charge in [0.25, 0.3) is 0 Å². The zero-order valence-corrected chi connectivity index (χ0v) is 33.0. The first kappa shape index (κ1) is 35.2. The van der Waals surface area contributed by atoms with Crippen molar-refractivity contribution in [3.05, 3.63) is 243 Å². The molecule has 0 amide bonds. The number of rotatable bonds is 8. The maximum atomic E-state index is 2.48. The van der Waals surface area contributed by atoms with E-state index in [1.165, 1.54) is 54.4 Å². The standard InChI is InChI=1S/C58H40N2/c1-3-24-45(25-4-1)59(55-35-15-13-31-53(55)51-33-17-22-41-19-7-10-28-48(41)51)47-39-44-38-37-43-21-9-12-30-50(43)58(44)57(40-47)60(46-26-5-2-6-27-46)56-36-16-14-32-54(56)52-34-18-23-42-20-8-11-29-49(42)52/h1-40H. The molecule has 11 aromatic carbocycles. The lowest BCUT2D eigenvalue weighted by molar-refractivity contribution is 1.26. The van der Waals surface area contributed by atoms with Crippen LogP contribution in [0.5, 0.6) is 0 Å². The van der Waals surface area contributed by atoms with Crippen molar-refractivity contribution in [2.75, 3.05) is 9.80 Å². The third-order valence-corrected chi connectivity index (χ3v) is 11.8. The summed E-state index contributed by atoms with van der Waals surface area (Å²) < 4.78 is 0. The second-order valence-corrected chi connectivity index (χ2v) is 15.3. The molecule has 0 aliphatic heterocycles. The molecule has 0 unspecified atom stereocenters. The van der Waals surface area contributed by atoms with Crippen LogP contribution in [0.1, 0.15) is 0 Å². The second-order valence-electron chi connectivity index (χ2n) is 15.3. The Kier molecular flexibility index (Phi) is 8.87. The van der Waals surface area contributed by atoms with Gasteiger partial charge in [0.2, 0.25) is 0 Å². The third kappa shape index (κ3) is 6.14. The first-order valence-corrected chi connectivity index (χ1v) is 20.6. The van der Waals surface area contributed by atoms with Gasteiger partial charge in [-0.3, -0.25) is 0 Å². The summed E-state index contributed by atoms with van der Waals surface area (Å²) in [5, 5.41) is 9.67. The second kappa shape index (κ2) is 15.1. The van der Waals surface area contributed by atoms with E-state index in [4.69, 9.17) is 0 Å². The molecule has 0 aromatic heterocycles. The molecule has 0 aliphatic carbocycles. The summed E-state index contributed by atoms with van der Waals surface area (Å²) in [4.78, 5) is 4.92. The molecule has 0 bridgehead atoms. The van der Waals surface area contributed by atoms with E-state index in [1.807, 2.05) is 0 Å². The van der Waals surface area contributed by atoms with Gasteiger partial charge in [0.15, 0.2) is 0 Å². The normalized spacial score (nSPS) is 11.3. The van der Waals surface area contributed by atoms with E-state index in [0.29, 0.717) is 0 Å². The van der Waals surface area contributed by atoms with Crippen molar-refractivity contribution in [1.82, 2.24) is 0 Å². The molecule has 0 radical (unpaired) electrons. The molecule has 0 fully saturated rings. The molecule has 0 saturated carbocycles. The largest absolute Gasteiger partial charge is 0.310 e. The summed E-state index contributed by atoms with van der Waals surface area (Å²) in [6.45, 7) is 0. The van der Waals surface area contributed by atoms with E-state index < -0.39 is 0 Å². The van der Waals surface area contributed by atoms with Gasteiger partial charge < -0.3 is 9.80 Å². The molecule has 0 N–H and O–H groups in total. The number of nitrogens with zero attached hydrogens (tertiary/aromatic N) is 2. The molecule has 282 valence electrons. The van der Waals surface area contributed by atoms with Crippen LogP contribution in [0.25, 0.3) is 65.3 Å². The van der Waals surface area contributed by atoms with Gasteiger partial charge in [-0.25, -0.2) is 0 Å². The quantitative estimate of drug-likeness (QED) is 0.142. The highest BCUT2D eigenvalue weighted by molar-refractivity contribution is 6.17. The Balaban J connectivity index is 1.23. The van der Waals surface area contributed by atoms with Crippen LogP contribution in [-0.4, -0.2) is 0 Å². The van der Waals surface area contributed by atoms with Crippen LogP contribution in [0.15, 0.2) is 243 Å². The summed E-state index contributed by atoms with van der Waals surface area (Å²) in [6, 6.07) is 88.1. The highest BCUT2D eigenvalue weighted by Crippen LogP contribution is 2.50. The number of hydrogen-bond acceptors (Lipinski definition) is 2. The first-order valence-electron chi connectivity index (χ1n) is 20.6. The van der Waals surface area contributed by atoms with Crippen LogP contribution in [0.3, 0.4) is 0 Å². The van der Waals surface area contributed by atoms with E-state index in [2.05, 4.69) is 252 Å². The van der Waals surface area contributed by atoms with Crippen molar-refractivity contribution in [2.24, 2.45) is 0 Å². The molecule has 11 aromatic rings. The summed E-state index contributed by atoms with van der Waals surface area (Å²) in [5.74, 6) is 0. The maximum Gasteiger partial charge on any atom is 0.0567 e. The lowest BCUT2D eigenvalue weighted by Gasteiger charge is -2.33. The lowest BCUT2D eigenvalue weighted by Crippen LogP contribution is -2.15. The van der Waals surface area contributed by atoms with Crippen molar-refractivity contribution in [2.45, 2.75) is 0 Å².